The van der Waals surface area contributed by atoms with Gasteiger partial charge >= 0.3 is 37.7 Å². The quantitative estimate of drug-likeness (QED) is 0.532. The second-order valence-electron chi connectivity index (χ2n) is 10.9. The van der Waals surface area contributed by atoms with Crippen LogP contribution < -0.4 is 37.7 Å². The summed E-state index contributed by atoms with van der Waals surface area (Å²) in [7, 11) is 0. The topological polar surface area (TPSA) is 61.8 Å². The Bertz CT molecular complexity index is 378. The first kappa shape index (κ1) is 32.2. The molecule has 0 aromatic heterocycles. The molecule has 0 radical (unpaired) electrons. The Morgan fingerprint density at radius 1 is 0.517 bits per heavy atom. The molecule has 162 valence electrons. The summed E-state index contributed by atoms with van der Waals surface area (Å²) >= 11 is 0. The van der Waals surface area contributed by atoms with Gasteiger partial charge in [0.15, 0.2) is 0 Å². The van der Waals surface area contributed by atoms with Crippen LogP contribution in [0, 0.1) is 10.4 Å². The Morgan fingerprint density at radius 3 is 0.897 bits per heavy atom. The standard InChI is InChI=1S/2C9H18NO.C4H8O.2Li/c2*1-8(2)6-5-7-9(3,4)10(8)11;1-2-4-5-3-1;;/h2*5-7H2,1-4H3;1-4H2;;/q2*-1;;2*+1. The first-order chi connectivity index (χ1) is 12.2. The Balaban J connectivity index is 0. The van der Waals surface area contributed by atoms with Crippen LogP contribution in [0.3, 0.4) is 0 Å². The minimum atomic E-state index is -0.151. The van der Waals surface area contributed by atoms with Crippen molar-refractivity contribution in [3.8, 4) is 0 Å². The predicted molar refractivity (Wildman–Crippen MR) is 114 cm³/mol. The second-order valence-corrected chi connectivity index (χ2v) is 10.9. The van der Waals surface area contributed by atoms with Crippen molar-refractivity contribution in [1.29, 1.82) is 0 Å². The van der Waals surface area contributed by atoms with E-state index in [1.807, 2.05) is 55.4 Å². The van der Waals surface area contributed by atoms with Crippen molar-refractivity contribution in [3.63, 3.8) is 0 Å². The Morgan fingerprint density at radius 2 is 0.759 bits per heavy atom. The van der Waals surface area contributed by atoms with Gasteiger partial charge in [-0.05, 0) is 107 Å². The average Bonchev–Trinajstić information content (AvgIpc) is 3.10. The molecule has 0 atom stereocenters. The Labute approximate surface area is 204 Å². The van der Waals surface area contributed by atoms with Gasteiger partial charge in [-0.2, -0.15) is 0 Å². The molecule has 7 heteroatoms. The summed E-state index contributed by atoms with van der Waals surface area (Å²) in [4.78, 5) is 0. The van der Waals surface area contributed by atoms with E-state index in [1.165, 1.54) is 35.8 Å². The van der Waals surface area contributed by atoms with Crippen LogP contribution in [-0.4, -0.2) is 45.5 Å². The SMILES string of the molecule is C1CCOC1.CC1(C)CCCC(C)(C)N1[O-].CC1(C)CCCC(C)(C)N1[O-].[Li+].[Li+]. The molecule has 3 saturated heterocycles. The number of hydroxylamine groups is 4. The Hall–Kier alpha value is 0.995. The van der Waals surface area contributed by atoms with Gasteiger partial charge in [0, 0.05) is 35.4 Å². The van der Waals surface area contributed by atoms with Crippen molar-refractivity contribution in [2.45, 2.75) is 129 Å². The third kappa shape index (κ3) is 9.99. The van der Waals surface area contributed by atoms with Crippen LogP contribution in [0.2, 0.25) is 0 Å². The molecule has 0 saturated carbocycles. The van der Waals surface area contributed by atoms with Gasteiger partial charge in [-0.15, -0.1) is 0 Å². The molecule has 29 heavy (non-hydrogen) atoms. The molecule has 0 spiro atoms. The maximum absolute atomic E-state index is 11.7. The number of piperidine rings is 2. The monoisotopic (exact) mass is 398 g/mol. The van der Waals surface area contributed by atoms with E-state index in [0.717, 1.165) is 38.9 Å². The van der Waals surface area contributed by atoms with Gasteiger partial charge < -0.3 is 25.3 Å². The van der Waals surface area contributed by atoms with E-state index in [2.05, 4.69) is 0 Å². The molecule has 0 aromatic carbocycles. The third-order valence-electron chi connectivity index (χ3n) is 6.18. The summed E-state index contributed by atoms with van der Waals surface area (Å²) in [6, 6.07) is 0. The molecular formula is C22H44Li2N2O3. The smallest absolute Gasteiger partial charge is 0.784 e. The fraction of sp³-hybridized carbons (Fsp3) is 1.00. The van der Waals surface area contributed by atoms with Gasteiger partial charge in [0.05, 0.1) is 0 Å². The molecular weight excluding hydrogens is 354 g/mol. The van der Waals surface area contributed by atoms with E-state index in [9.17, 15) is 10.4 Å². The van der Waals surface area contributed by atoms with Crippen LogP contribution >= 0.6 is 0 Å². The second kappa shape index (κ2) is 12.9. The fourth-order valence-corrected chi connectivity index (χ4v) is 4.46. The number of hydrogen-bond acceptors (Lipinski definition) is 5. The van der Waals surface area contributed by atoms with E-state index in [0.29, 0.717) is 0 Å². The maximum atomic E-state index is 11.7. The predicted octanol–water partition coefficient (Wildman–Crippen LogP) is -0.141. The summed E-state index contributed by atoms with van der Waals surface area (Å²) in [5.74, 6) is 0. The van der Waals surface area contributed by atoms with Crippen molar-refractivity contribution in [2.24, 2.45) is 0 Å². The van der Waals surface area contributed by atoms with Gasteiger partial charge in [-0.25, -0.2) is 0 Å². The molecule has 3 rings (SSSR count). The number of hydrogen-bond donors (Lipinski definition) is 0. The molecule has 0 bridgehead atoms. The van der Waals surface area contributed by atoms with Crippen molar-refractivity contribution >= 4 is 0 Å². The normalized spacial score (nSPS) is 27.1. The molecule has 3 aliphatic rings. The van der Waals surface area contributed by atoms with Crippen LogP contribution in [0.15, 0.2) is 0 Å². The van der Waals surface area contributed by atoms with Gasteiger partial charge in [0.1, 0.15) is 0 Å². The van der Waals surface area contributed by atoms with Gasteiger partial charge in [-0.3, -0.25) is 0 Å². The van der Waals surface area contributed by atoms with Crippen LogP contribution in [0.4, 0.5) is 0 Å². The molecule has 0 aromatic rings. The van der Waals surface area contributed by atoms with E-state index in [4.69, 9.17) is 4.74 Å². The zero-order chi connectivity index (χ0) is 20.9. The van der Waals surface area contributed by atoms with Crippen molar-refractivity contribution in [1.82, 2.24) is 10.1 Å². The van der Waals surface area contributed by atoms with Gasteiger partial charge in [-0.1, -0.05) is 0 Å². The average molecular weight is 398 g/mol. The zero-order valence-corrected chi connectivity index (χ0v) is 21.2. The summed E-state index contributed by atoms with van der Waals surface area (Å²) in [5, 5.41) is 25.9. The molecule has 0 unspecified atom stereocenters. The first-order valence-corrected chi connectivity index (χ1v) is 10.8. The molecule has 0 aliphatic carbocycles. The molecule has 3 heterocycles. The van der Waals surface area contributed by atoms with E-state index in [-0.39, 0.29) is 59.9 Å². The van der Waals surface area contributed by atoms with Crippen LogP contribution in [0.25, 0.3) is 0 Å². The summed E-state index contributed by atoms with van der Waals surface area (Å²) in [6.45, 7) is 18.2. The van der Waals surface area contributed by atoms with Gasteiger partial charge in [0.2, 0.25) is 0 Å². The Kier molecular flexibility index (Phi) is 14.3. The maximum Gasteiger partial charge on any atom is 1.00 e. The van der Waals surface area contributed by atoms with E-state index < -0.39 is 0 Å². The first-order valence-electron chi connectivity index (χ1n) is 10.8. The number of ether oxygens (including phenoxy) is 1. The molecule has 3 fully saturated rings. The zero-order valence-electron chi connectivity index (χ0n) is 21.2. The third-order valence-corrected chi connectivity index (χ3v) is 6.18. The molecule has 3 aliphatic heterocycles. The minimum Gasteiger partial charge on any atom is -0.784 e. The van der Waals surface area contributed by atoms with Crippen molar-refractivity contribution < 1.29 is 42.5 Å². The van der Waals surface area contributed by atoms with E-state index in [1.54, 1.807) is 0 Å². The molecule has 5 nitrogen and oxygen atoms in total. The van der Waals surface area contributed by atoms with Gasteiger partial charge in [0.25, 0.3) is 0 Å². The van der Waals surface area contributed by atoms with E-state index >= 15 is 0 Å². The fourth-order valence-electron chi connectivity index (χ4n) is 4.46. The van der Waals surface area contributed by atoms with Crippen LogP contribution in [0.5, 0.6) is 0 Å². The minimum absolute atomic E-state index is 0. The largest absolute Gasteiger partial charge is 1.00 e. The van der Waals surface area contributed by atoms with Crippen LogP contribution in [-0.2, 0) is 4.74 Å². The molecule has 0 N–H and O–H groups in total. The summed E-state index contributed by atoms with van der Waals surface area (Å²) in [5.41, 5.74) is -0.604. The summed E-state index contributed by atoms with van der Waals surface area (Å²) in [6.07, 6.45) is 9.02. The van der Waals surface area contributed by atoms with Crippen LogP contribution in [0.1, 0.15) is 107 Å². The number of nitrogens with zero attached hydrogens (tertiary/aromatic N) is 2. The summed E-state index contributed by atoms with van der Waals surface area (Å²) < 4.78 is 4.94. The van der Waals surface area contributed by atoms with Crippen molar-refractivity contribution in [3.05, 3.63) is 10.4 Å². The molecule has 0 amide bonds. The number of rotatable bonds is 0. The van der Waals surface area contributed by atoms with Crippen molar-refractivity contribution in [2.75, 3.05) is 13.2 Å².